The number of aromatic amines is 2. The predicted octanol–water partition coefficient (Wildman–Crippen LogP) is 3.07. The van der Waals surface area contributed by atoms with E-state index in [1.165, 1.54) is 18.5 Å². The zero-order valence-electron chi connectivity index (χ0n) is 12.5. The summed E-state index contributed by atoms with van der Waals surface area (Å²) in [6.45, 7) is 0. The molecule has 3 aromatic heterocycles. The first-order valence-electron chi connectivity index (χ1n) is 7.17. The maximum atomic E-state index is 12.9. The minimum absolute atomic E-state index is 0.00134. The van der Waals surface area contributed by atoms with E-state index in [9.17, 15) is 18.0 Å². The van der Waals surface area contributed by atoms with E-state index in [1.807, 2.05) is 0 Å². The first kappa shape index (κ1) is 15.2. The molecule has 6 nitrogen and oxygen atoms in total. The Morgan fingerprint density at radius 1 is 1.04 bits per heavy atom. The van der Waals surface area contributed by atoms with Crippen LogP contribution >= 0.6 is 0 Å². The predicted molar refractivity (Wildman–Crippen MR) is 86.9 cm³/mol. The van der Waals surface area contributed by atoms with Crippen molar-refractivity contribution < 1.29 is 13.2 Å². The zero-order chi connectivity index (χ0) is 17.8. The summed E-state index contributed by atoms with van der Waals surface area (Å²) in [5, 5.41) is 0.812. The number of nitrogens with zero attached hydrogens (tertiary/aromatic N) is 2. The van der Waals surface area contributed by atoms with Crippen molar-refractivity contribution >= 4 is 27.8 Å². The molecule has 0 amide bonds. The number of pyridine rings is 1. The van der Waals surface area contributed by atoms with Gasteiger partial charge >= 0.3 is 6.18 Å². The number of fused-ring (bicyclic) bond motifs is 2. The largest absolute Gasteiger partial charge is 0.416 e. The van der Waals surface area contributed by atoms with Crippen molar-refractivity contribution in [2.45, 2.75) is 6.18 Å². The van der Waals surface area contributed by atoms with Crippen LogP contribution in [-0.2, 0) is 6.18 Å². The highest BCUT2D eigenvalue weighted by Gasteiger charge is 2.30. The average molecular weight is 345 g/mol. The quantitative estimate of drug-likeness (QED) is 0.493. The SMILES string of the molecule is Nc1ncc2c(=O)[nH]cc(-c3c[nH]c4cc(C(F)(F)F)ccc34)c2n1. The second-order valence-electron chi connectivity index (χ2n) is 5.48. The van der Waals surface area contributed by atoms with Gasteiger partial charge in [-0.05, 0) is 12.1 Å². The zero-order valence-corrected chi connectivity index (χ0v) is 12.5. The Kier molecular flexibility index (Phi) is 3.08. The number of anilines is 1. The highest BCUT2D eigenvalue weighted by molar-refractivity contribution is 6.03. The highest BCUT2D eigenvalue weighted by atomic mass is 19.4. The van der Waals surface area contributed by atoms with Crippen molar-refractivity contribution in [1.29, 1.82) is 0 Å². The van der Waals surface area contributed by atoms with E-state index in [2.05, 4.69) is 19.9 Å². The van der Waals surface area contributed by atoms with E-state index in [0.717, 1.165) is 12.1 Å². The van der Waals surface area contributed by atoms with Gasteiger partial charge in [0.05, 0.1) is 16.5 Å². The van der Waals surface area contributed by atoms with Crippen LogP contribution in [0.5, 0.6) is 0 Å². The van der Waals surface area contributed by atoms with Crippen molar-refractivity contribution in [1.82, 2.24) is 19.9 Å². The lowest BCUT2D eigenvalue weighted by atomic mass is 10.0. The van der Waals surface area contributed by atoms with Crippen LogP contribution in [-0.4, -0.2) is 19.9 Å². The van der Waals surface area contributed by atoms with Gasteiger partial charge < -0.3 is 15.7 Å². The number of alkyl halides is 3. The number of halogens is 3. The number of rotatable bonds is 1. The standard InChI is InChI=1S/C16H10F3N5O/c17-16(18,19)7-1-2-8-9(4-21-12(8)3-7)10-5-22-14(25)11-6-23-15(20)24-13(10)11/h1-6,21H,(H,22,25)(H2,20,23,24). The van der Waals surface area contributed by atoms with Gasteiger partial charge in [-0.15, -0.1) is 0 Å². The Morgan fingerprint density at radius 3 is 2.56 bits per heavy atom. The molecule has 0 saturated heterocycles. The van der Waals surface area contributed by atoms with E-state index < -0.39 is 11.7 Å². The minimum atomic E-state index is -4.42. The number of aromatic nitrogens is 4. The number of nitrogens with one attached hydrogen (secondary N) is 2. The van der Waals surface area contributed by atoms with Gasteiger partial charge in [-0.1, -0.05) is 6.07 Å². The molecule has 4 N–H and O–H groups in total. The van der Waals surface area contributed by atoms with Crippen LogP contribution < -0.4 is 11.3 Å². The normalized spacial score (nSPS) is 12.1. The van der Waals surface area contributed by atoms with Crippen LogP contribution in [0.3, 0.4) is 0 Å². The van der Waals surface area contributed by atoms with Crippen molar-refractivity contribution in [2.75, 3.05) is 5.73 Å². The topological polar surface area (TPSA) is 100 Å². The summed E-state index contributed by atoms with van der Waals surface area (Å²) in [5.41, 5.74) is 6.28. The molecule has 3 heterocycles. The summed E-state index contributed by atoms with van der Waals surface area (Å²) in [5.74, 6) is -0.00134. The second-order valence-corrected chi connectivity index (χ2v) is 5.48. The molecule has 0 saturated carbocycles. The highest BCUT2D eigenvalue weighted by Crippen LogP contribution is 2.35. The Bertz CT molecular complexity index is 1180. The van der Waals surface area contributed by atoms with Gasteiger partial charge in [0.1, 0.15) is 0 Å². The molecule has 0 aliphatic rings. The summed E-state index contributed by atoms with van der Waals surface area (Å²) in [6.07, 6.45) is -0.0873. The smallest absolute Gasteiger partial charge is 0.368 e. The summed E-state index contributed by atoms with van der Waals surface area (Å²) in [4.78, 5) is 25.2. The maximum absolute atomic E-state index is 12.9. The fourth-order valence-corrected chi connectivity index (χ4v) is 2.78. The Morgan fingerprint density at radius 2 is 1.80 bits per heavy atom. The van der Waals surface area contributed by atoms with Gasteiger partial charge in [-0.2, -0.15) is 13.2 Å². The van der Waals surface area contributed by atoms with Crippen LogP contribution in [0.15, 0.2) is 41.6 Å². The van der Waals surface area contributed by atoms with Crippen molar-refractivity contribution in [3.05, 3.63) is 52.7 Å². The van der Waals surface area contributed by atoms with Gasteiger partial charge in [0.25, 0.3) is 5.56 Å². The fourth-order valence-electron chi connectivity index (χ4n) is 2.78. The van der Waals surface area contributed by atoms with Gasteiger partial charge in [0.15, 0.2) is 0 Å². The molecule has 25 heavy (non-hydrogen) atoms. The van der Waals surface area contributed by atoms with E-state index in [0.29, 0.717) is 27.5 Å². The molecular formula is C16H10F3N5O. The fraction of sp³-hybridized carbons (Fsp3) is 0.0625. The molecule has 0 aliphatic carbocycles. The molecule has 0 atom stereocenters. The lowest BCUT2D eigenvalue weighted by molar-refractivity contribution is -0.137. The van der Waals surface area contributed by atoms with Gasteiger partial charge in [-0.3, -0.25) is 4.79 Å². The molecule has 0 spiro atoms. The number of H-pyrrole nitrogens is 2. The molecule has 0 unspecified atom stereocenters. The summed E-state index contributed by atoms with van der Waals surface area (Å²) < 4.78 is 38.6. The third-order valence-electron chi connectivity index (χ3n) is 3.95. The molecule has 0 bridgehead atoms. The van der Waals surface area contributed by atoms with E-state index in [-0.39, 0.29) is 16.9 Å². The van der Waals surface area contributed by atoms with E-state index in [1.54, 1.807) is 6.20 Å². The number of nitrogens with two attached hydrogens (primary N) is 1. The molecule has 0 fully saturated rings. The van der Waals surface area contributed by atoms with E-state index >= 15 is 0 Å². The third kappa shape index (κ3) is 2.40. The maximum Gasteiger partial charge on any atom is 0.416 e. The molecule has 9 heteroatoms. The number of benzene rings is 1. The van der Waals surface area contributed by atoms with Crippen LogP contribution in [0.25, 0.3) is 32.9 Å². The first-order chi connectivity index (χ1) is 11.8. The summed E-state index contributed by atoms with van der Waals surface area (Å²) in [7, 11) is 0. The molecular weight excluding hydrogens is 335 g/mol. The van der Waals surface area contributed by atoms with E-state index in [4.69, 9.17) is 5.73 Å². The Labute approximate surface area is 137 Å². The van der Waals surface area contributed by atoms with Gasteiger partial charge in [0.2, 0.25) is 5.95 Å². The monoisotopic (exact) mass is 345 g/mol. The average Bonchev–Trinajstić information content (AvgIpc) is 2.97. The van der Waals surface area contributed by atoms with Crippen LogP contribution in [0.2, 0.25) is 0 Å². The molecule has 0 aliphatic heterocycles. The second kappa shape index (κ2) is 5.07. The number of hydrogen-bond acceptors (Lipinski definition) is 4. The lowest BCUT2D eigenvalue weighted by Gasteiger charge is -2.07. The number of nitrogen functional groups attached to an aromatic ring is 1. The summed E-state index contributed by atoms with van der Waals surface area (Å²) in [6, 6.07) is 3.43. The van der Waals surface area contributed by atoms with Crippen molar-refractivity contribution in [3.8, 4) is 11.1 Å². The molecule has 0 radical (unpaired) electrons. The van der Waals surface area contributed by atoms with Crippen LogP contribution in [0, 0.1) is 0 Å². The minimum Gasteiger partial charge on any atom is -0.368 e. The lowest BCUT2D eigenvalue weighted by Crippen LogP contribution is -2.08. The van der Waals surface area contributed by atoms with Gasteiger partial charge in [0, 0.05) is 40.6 Å². The van der Waals surface area contributed by atoms with Gasteiger partial charge in [-0.25, -0.2) is 9.97 Å². The van der Waals surface area contributed by atoms with Crippen LogP contribution in [0.4, 0.5) is 19.1 Å². The first-order valence-corrected chi connectivity index (χ1v) is 7.17. The molecule has 126 valence electrons. The number of hydrogen-bond donors (Lipinski definition) is 3. The molecule has 4 rings (SSSR count). The van der Waals surface area contributed by atoms with Crippen molar-refractivity contribution in [2.24, 2.45) is 0 Å². The van der Waals surface area contributed by atoms with Crippen LogP contribution in [0.1, 0.15) is 5.56 Å². The summed E-state index contributed by atoms with van der Waals surface area (Å²) >= 11 is 0. The van der Waals surface area contributed by atoms with Crippen molar-refractivity contribution in [3.63, 3.8) is 0 Å². The molecule has 4 aromatic rings. The third-order valence-corrected chi connectivity index (χ3v) is 3.95. The Hall–Kier alpha value is -3.36. The Balaban J connectivity index is 2.00. The molecule has 1 aromatic carbocycles.